The van der Waals surface area contributed by atoms with Gasteiger partial charge in [0.1, 0.15) is 5.76 Å². The highest BCUT2D eigenvalue weighted by molar-refractivity contribution is 8.11. The zero-order valence-electron chi connectivity index (χ0n) is 20.0. The average Bonchev–Trinajstić information content (AvgIpc) is 3.61. The fourth-order valence-corrected chi connectivity index (χ4v) is 5.33. The topological polar surface area (TPSA) is 88.2 Å². The number of anilines is 2. The summed E-state index contributed by atoms with van der Waals surface area (Å²) in [6.45, 7) is 9.15. The van der Waals surface area contributed by atoms with Crippen LogP contribution < -0.4 is 20.1 Å². The molecule has 194 valence electrons. The second-order valence-electron chi connectivity index (χ2n) is 8.74. The van der Waals surface area contributed by atoms with Gasteiger partial charge in [0.2, 0.25) is 16.8 Å². The smallest absolute Gasteiger partial charge is 0.223 e. The summed E-state index contributed by atoms with van der Waals surface area (Å²) in [4.78, 5) is 10.2. The number of ether oxygens (including phenoxy) is 1. The van der Waals surface area contributed by atoms with Gasteiger partial charge in [-0.1, -0.05) is 18.3 Å². The minimum absolute atomic E-state index is 0.114. The molecule has 4 rings (SSSR count). The predicted molar refractivity (Wildman–Crippen MR) is 138 cm³/mol. The number of thioether (sulfide) groups is 1. The molecule has 1 aliphatic carbocycles. The Balaban J connectivity index is 1.57. The van der Waals surface area contributed by atoms with E-state index in [1.54, 1.807) is 19.2 Å². The van der Waals surface area contributed by atoms with Crippen LogP contribution in [0.5, 0.6) is 5.75 Å². The van der Waals surface area contributed by atoms with E-state index in [-0.39, 0.29) is 30.4 Å². The van der Waals surface area contributed by atoms with Gasteiger partial charge in [-0.25, -0.2) is 23.0 Å². The van der Waals surface area contributed by atoms with Crippen molar-refractivity contribution in [3.8, 4) is 5.75 Å². The third-order valence-corrected chi connectivity index (χ3v) is 8.13. The summed E-state index contributed by atoms with van der Waals surface area (Å²) in [7, 11) is -2.17. The monoisotopic (exact) mass is 539 g/mol. The van der Waals surface area contributed by atoms with Crippen LogP contribution in [0, 0.1) is 11.6 Å². The number of nitrogens with one attached hydrogen (secondary N) is 3. The molecule has 1 aromatic heterocycles. The van der Waals surface area contributed by atoms with Crippen molar-refractivity contribution >= 4 is 39.3 Å². The van der Waals surface area contributed by atoms with Crippen molar-refractivity contribution in [2.75, 3.05) is 23.1 Å². The quantitative estimate of drug-likeness (QED) is 0.344. The largest absolute Gasteiger partial charge is 0.458 e. The van der Waals surface area contributed by atoms with Crippen LogP contribution in [0.3, 0.4) is 0 Å². The molecule has 0 bridgehead atoms. The van der Waals surface area contributed by atoms with E-state index in [0.29, 0.717) is 16.5 Å². The highest BCUT2D eigenvalue weighted by atomic mass is 32.2. The lowest BCUT2D eigenvalue weighted by atomic mass is 10.1. The minimum Gasteiger partial charge on any atom is -0.458 e. The van der Waals surface area contributed by atoms with E-state index >= 15 is 0 Å². The molecule has 3 N–H and O–H groups in total. The van der Waals surface area contributed by atoms with Crippen molar-refractivity contribution < 1.29 is 22.1 Å². The zero-order chi connectivity index (χ0) is 25.9. The van der Waals surface area contributed by atoms with Gasteiger partial charge in [0.05, 0.1) is 16.3 Å². The van der Waals surface area contributed by atoms with Crippen LogP contribution in [0.2, 0.25) is 0 Å². The Morgan fingerprint density at radius 1 is 1.28 bits per heavy atom. The molecule has 0 radical (unpaired) electrons. The van der Waals surface area contributed by atoms with Gasteiger partial charge in [-0.15, -0.1) is 0 Å². The second kappa shape index (κ2) is 11.2. The highest BCUT2D eigenvalue weighted by Gasteiger charge is 2.50. The molecular formula is C24H28F3N5O2S2. The molecule has 1 saturated carbocycles. The Kier molecular flexibility index (Phi) is 8.26. The van der Waals surface area contributed by atoms with Crippen LogP contribution in [-0.2, 0) is 11.0 Å². The third-order valence-electron chi connectivity index (χ3n) is 5.60. The van der Waals surface area contributed by atoms with Crippen LogP contribution in [0.15, 0.2) is 41.6 Å². The number of aromatic nitrogens is 2. The number of piperidine rings is 1. The fourth-order valence-electron chi connectivity index (χ4n) is 3.57. The molecule has 2 heterocycles. The number of nitrogens with zero attached hydrogens (tertiary/aromatic N) is 2. The molecule has 36 heavy (non-hydrogen) atoms. The molecule has 2 atom stereocenters. The van der Waals surface area contributed by atoms with Crippen LogP contribution in [-0.4, -0.2) is 38.3 Å². The summed E-state index contributed by atoms with van der Waals surface area (Å²) >= 11 is 1.29. The molecular weight excluding hydrogens is 511 g/mol. The first-order chi connectivity index (χ1) is 17.2. The van der Waals surface area contributed by atoms with Crippen LogP contribution in [0.1, 0.15) is 45.2 Å². The van der Waals surface area contributed by atoms with Gasteiger partial charge >= 0.3 is 0 Å². The molecule has 1 aliphatic heterocycles. The standard InChI is InChI=1S/C24H28F3N5O2S2/c1-14(2)35-22(18-8-12-29-23(31-18)30-16-5-4-11-28-13-16)15(3)34-19-7-6-17(20(25)21(19)26)32-36(33)24(27)9-10-24/h6-8,12,16,28,32H,1,4-5,9-11,13H2,2-3H3,(H,29,30,31)/b22-15+. The van der Waals surface area contributed by atoms with Crippen LogP contribution in [0.25, 0.3) is 4.91 Å². The molecule has 0 spiro atoms. The fraction of sp³-hybridized carbons (Fsp3) is 0.417. The van der Waals surface area contributed by atoms with Crippen molar-refractivity contribution in [2.45, 2.75) is 50.6 Å². The Morgan fingerprint density at radius 2 is 2.06 bits per heavy atom. The van der Waals surface area contributed by atoms with Crippen molar-refractivity contribution in [3.05, 3.63) is 59.0 Å². The highest BCUT2D eigenvalue weighted by Crippen LogP contribution is 2.43. The first-order valence-corrected chi connectivity index (χ1v) is 13.5. The lowest BCUT2D eigenvalue weighted by molar-refractivity contribution is 0.386. The van der Waals surface area contributed by atoms with Crippen molar-refractivity contribution in [1.29, 1.82) is 0 Å². The van der Waals surface area contributed by atoms with Gasteiger partial charge < -0.3 is 15.4 Å². The van der Waals surface area contributed by atoms with E-state index in [0.717, 1.165) is 30.8 Å². The third kappa shape index (κ3) is 6.40. The van der Waals surface area contributed by atoms with E-state index in [1.807, 2.05) is 6.92 Å². The van der Waals surface area contributed by atoms with E-state index < -0.39 is 33.3 Å². The van der Waals surface area contributed by atoms with Gasteiger partial charge in [0, 0.05) is 18.8 Å². The van der Waals surface area contributed by atoms with Gasteiger partial charge in [0.15, 0.2) is 22.6 Å². The first kappa shape index (κ1) is 26.5. The van der Waals surface area contributed by atoms with Gasteiger partial charge in [-0.3, -0.25) is 4.72 Å². The van der Waals surface area contributed by atoms with Crippen molar-refractivity contribution in [2.24, 2.45) is 0 Å². The molecule has 1 aromatic carbocycles. The predicted octanol–water partition coefficient (Wildman–Crippen LogP) is 5.49. The van der Waals surface area contributed by atoms with Crippen LogP contribution >= 0.6 is 11.8 Å². The number of hydrogen-bond acceptors (Lipinski definition) is 7. The maximum Gasteiger partial charge on any atom is 0.223 e. The summed E-state index contributed by atoms with van der Waals surface area (Å²) in [5, 5.41) is 4.75. The minimum atomic E-state index is -2.17. The van der Waals surface area contributed by atoms with Crippen molar-refractivity contribution in [3.63, 3.8) is 0 Å². The number of benzene rings is 1. The van der Waals surface area contributed by atoms with Gasteiger partial charge in [0.25, 0.3) is 0 Å². The maximum absolute atomic E-state index is 14.8. The van der Waals surface area contributed by atoms with E-state index in [1.165, 1.54) is 23.9 Å². The second-order valence-corrected chi connectivity index (χ2v) is 11.5. The van der Waals surface area contributed by atoms with Crippen LogP contribution in [0.4, 0.5) is 24.8 Å². The maximum atomic E-state index is 14.8. The normalized spacial score (nSPS) is 20.2. The van der Waals surface area contributed by atoms with E-state index in [2.05, 4.69) is 31.9 Å². The van der Waals surface area contributed by atoms with Gasteiger partial charge in [-0.2, -0.15) is 4.39 Å². The summed E-state index contributed by atoms with van der Waals surface area (Å²) in [6.07, 6.45) is 3.90. The number of alkyl halides is 1. The summed E-state index contributed by atoms with van der Waals surface area (Å²) in [5.41, 5.74) is 0.137. The first-order valence-electron chi connectivity index (χ1n) is 11.5. The Bertz CT molecular complexity index is 1200. The average molecular weight is 540 g/mol. The summed E-state index contributed by atoms with van der Waals surface area (Å²) in [5.74, 6) is -2.23. The Morgan fingerprint density at radius 3 is 2.72 bits per heavy atom. The number of halogens is 3. The molecule has 12 heteroatoms. The molecule has 1 saturated heterocycles. The van der Waals surface area contributed by atoms with Gasteiger partial charge in [-0.05, 0) is 69.2 Å². The molecule has 7 nitrogen and oxygen atoms in total. The Hall–Kier alpha value is -2.57. The molecule has 2 fully saturated rings. The zero-order valence-corrected chi connectivity index (χ0v) is 21.6. The Labute approximate surface area is 215 Å². The SMILES string of the molecule is C=C(C)S/C(=C(\C)Oc1ccc(NS(=O)C2(F)CC2)c(F)c1F)c1ccnc(NC2CCCNC2)n1. The lowest BCUT2D eigenvalue weighted by Crippen LogP contribution is -2.38. The summed E-state index contributed by atoms with van der Waals surface area (Å²) < 4.78 is 63.3. The summed E-state index contributed by atoms with van der Waals surface area (Å²) in [6, 6.07) is 4.28. The van der Waals surface area contributed by atoms with E-state index in [4.69, 9.17) is 4.74 Å². The molecule has 2 unspecified atom stereocenters. The lowest BCUT2D eigenvalue weighted by Gasteiger charge is -2.24. The molecule has 2 aliphatic rings. The number of rotatable bonds is 10. The molecule has 2 aromatic rings. The number of allylic oxidation sites excluding steroid dienone is 2. The molecule has 0 amide bonds. The van der Waals surface area contributed by atoms with E-state index in [9.17, 15) is 17.4 Å². The number of hydrogen-bond donors (Lipinski definition) is 3. The van der Waals surface area contributed by atoms with Crippen molar-refractivity contribution in [1.82, 2.24) is 15.3 Å².